The zero-order chi connectivity index (χ0) is 24.2. The van der Waals surface area contributed by atoms with Crippen LogP contribution >= 0.6 is 0 Å². The van der Waals surface area contributed by atoms with Crippen molar-refractivity contribution in [2.24, 2.45) is 0 Å². The van der Waals surface area contributed by atoms with Crippen LogP contribution in [0.4, 0.5) is 16.3 Å². The molecule has 1 aliphatic heterocycles. The molecule has 1 fully saturated rings. The van der Waals surface area contributed by atoms with Gasteiger partial charge >= 0.3 is 6.03 Å². The Morgan fingerprint density at radius 3 is 2.37 bits per heavy atom. The first kappa shape index (κ1) is 22.6. The van der Waals surface area contributed by atoms with Gasteiger partial charge in [0.25, 0.3) is 5.56 Å². The Kier molecular flexibility index (Phi) is 6.43. The molecule has 2 aromatic carbocycles. The van der Waals surface area contributed by atoms with Crippen LogP contribution in [0.3, 0.4) is 0 Å². The zero-order valence-electron chi connectivity index (χ0n) is 19.7. The van der Waals surface area contributed by atoms with Gasteiger partial charge in [-0.2, -0.15) is 0 Å². The number of nitrogens with zero attached hydrogens (tertiary/aromatic N) is 5. The number of aromatic nitrogens is 3. The maximum atomic E-state index is 13.5. The number of aryl methyl sites for hydroxylation is 1. The van der Waals surface area contributed by atoms with E-state index in [-0.39, 0.29) is 11.6 Å². The third-order valence-corrected chi connectivity index (χ3v) is 6.35. The van der Waals surface area contributed by atoms with Gasteiger partial charge in [0.15, 0.2) is 11.5 Å². The van der Waals surface area contributed by atoms with Crippen molar-refractivity contribution in [1.82, 2.24) is 19.4 Å². The van der Waals surface area contributed by atoms with Crippen LogP contribution in [0.5, 0.6) is 0 Å². The van der Waals surface area contributed by atoms with Crippen LogP contribution in [0.15, 0.2) is 77.7 Å². The largest absolute Gasteiger partial charge is 0.348 e. The number of pyridine rings is 1. The van der Waals surface area contributed by atoms with Crippen molar-refractivity contribution in [3.63, 3.8) is 0 Å². The third kappa shape index (κ3) is 4.87. The summed E-state index contributed by atoms with van der Waals surface area (Å²) in [5.74, 6) is 0.400. The summed E-state index contributed by atoms with van der Waals surface area (Å²) in [6.45, 7) is 4.59. The number of rotatable bonds is 5. The molecule has 0 unspecified atom stereocenters. The van der Waals surface area contributed by atoms with E-state index in [9.17, 15) is 9.59 Å². The summed E-state index contributed by atoms with van der Waals surface area (Å²) in [5, 5.41) is 2.97. The number of carbonyl (C=O) groups excluding carboxylic acids is 1. The minimum absolute atomic E-state index is 0.133. The fourth-order valence-corrected chi connectivity index (χ4v) is 4.33. The summed E-state index contributed by atoms with van der Waals surface area (Å²) in [6, 6.07) is 21.3. The number of fused-ring (bicyclic) bond motifs is 1. The average Bonchev–Trinajstić information content (AvgIpc) is 2.91. The van der Waals surface area contributed by atoms with Gasteiger partial charge in [0.05, 0.1) is 6.54 Å². The first-order valence-corrected chi connectivity index (χ1v) is 11.9. The van der Waals surface area contributed by atoms with Crippen LogP contribution in [-0.2, 0) is 13.0 Å². The first-order valence-electron chi connectivity index (χ1n) is 11.9. The Morgan fingerprint density at radius 1 is 0.914 bits per heavy atom. The molecule has 1 N–H and O–H groups in total. The Labute approximate surface area is 203 Å². The molecule has 0 bridgehead atoms. The van der Waals surface area contributed by atoms with Crippen LogP contribution in [-0.4, -0.2) is 51.6 Å². The van der Waals surface area contributed by atoms with Gasteiger partial charge in [0.1, 0.15) is 5.52 Å². The van der Waals surface area contributed by atoms with E-state index >= 15 is 0 Å². The predicted molar refractivity (Wildman–Crippen MR) is 138 cm³/mol. The van der Waals surface area contributed by atoms with Crippen LogP contribution in [0, 0.1) is 0 Å². The van der Waals surface area contributed by atoms with E-state index in [0.717, 1.165) is 17.7 Å². The standard InChI is InChI=1S/C27H28N6O2/c1-2-20-10-12-22(13-11-20)29-27(35)32-17-15-31(16-18-32)25-26(34)33(19-21-7-4-3-5-8-21)24-23(30-25)9-6-14-28-24/h3-14H,2,15-19H2,1H3,(H,29,35). The van der Waals surface area contributed by atoms with Crippen molar-refractivity contribution < 1.29 is 4.79 Å². The van der Waals surface area contributed by atoms with Gasteiger partial charge < -0.3 is 15.1 Å². The second-order valence-electron chi connectivity index (χ2n) is 8.61. The van der Waals surface area contributed by atoms with Crippen molar-refractivity contribution in [2.75, 3.05) is 36.4 Å². The molecule has 2 amide bonds. The number of hydrogen-bond acceptors (Lipinski definition) is 5. The van der Waals surface area contributed by atoms with E-state index in [4.69, 9.17) is 0 Å². The van der Waals surface area contributed by atoms with E-state index in [2.05, 4.69) is 22.2 Å². The van der Waals surface area contributed by atoms with Crippen molar-refractivity contribution in [3.05, 3.63) is 94.4 Å². The summed E-state index contributed by atoms with van der Waals surface area (Å²) in [5.41, 5.74) is 4.10. The molecule has 0 radical (unpaired) electrons. The van der Waals surface area contributed by atoms with Crippen molar-refractivity contribution in [3.8, 4) is 0 Å². The Hall–Kier alpha value is -4.20. The van der Waals surface area contributed by atoms with Gasteiger partial charge in [-0.25, -0.2) is 14.8 Å². The molecule has 8 heteroatoms. The lowest BCUT2D eigenvalue weighted by molar-refractivity contribution is 0.208. The maximum Gasteiger partial charge on any atom is 0.321 e. The smallest absolute Gasteiger partial charge is 0.321 e. The average molecular weight is 469 g/mol. The minimum Gasteiger partial charge on any atom is -0.348 e. The molecule has 1 aliphatic rings. The normalized spacial score (nSPS) is 13.7. The van der Waals surface area contributed by atoms with Crippen LogP contribution in [0.2, 0.25) is 0 Å². The van der Waals surface area contributed by atoms with Crippen LogP contribution in [0.25, 0.3) is 11.2 Å². The summed E-state index contributed by atoms with van der Waals surface area (Å²) in [6.07, 6.45) is 2.64. The molecule has 8 nitrogen and oxygen atoms in total. The first-order chi connectivity index (χ1) is 17.1. The number of carbonyl (C=O) groups is 1. The SMILES string of the molecule is CCc1ccc(NC(=O)N2CCN(c3nc4cccnc4n(Cc4ccccc4)c3=O)CC2)cc1. The Balaban J connectivity index is 1.33. The van der Waals surface area contributed by atoms with Crippen molar-refractivity contribution in [2.45, 2.75) is 19.9 Å². The fraction of sp³-hybridized carbons (Fsp3) is 0.259. The second kappa shape index (κ2) is 9.97. The lowest BCUT2D eigenvalue weighted by Crippen LogP contribution is -2.51. The van der Waals surface area contributed by atoms with Gasteiger partial charge in [0.2, 0.25) is 0 Å². The predicted octanol–water partition coefficient (Wildman–Crippen LogP) is 3.76. The maximum absolute atomic E-state index is 13.5. The highest BCUT2D eigenvalue weighted by Gasteiger charge is 2.25. The number of benzene rings is 2. The molecule has 178 valence electrons. The number of urea groups is 1. The Bertz CT molecular complexity index is 1380. The summed E-state index contributed by atoms with van der Waals surface area (Å²) in [4.78, 5) is 39.1. The number of hydrogen-bond donors (Lipinski definition) is 1. The summed E-state index contributed by atoms with van der Waals surface area (Å²) >= 11 is 0. The van der Waals surface area contributed by atoms with Gasteiger partial charge in [-0.05, 0) is 41.8 Å². The molecule has 0 saturated carbocycles. The molecule has 1 saturated heterocycles. The lowest BCUT2D eigenvalue weighted by Gasteiger charge is -2.35. The van der Waals surface area contributed by atoms with Gasteiger partial charge in [-0.3, -0.25) is 9.36 Å². The van der Waals surface area contributed by atoms with E-state index < -0.39 is 0 Å². The summed E-state index contributed by atoms with van der Waals surface area (Å²) < 4.78 is 1.69. The number of piperazine rings is 1. The lowest BCUT2D eigenvalue weighted by atomic mass is 10.1. The van der Waals surface area contributed by atoms with Gasteiger partial charge in [-0.1, -0.05) is 49.4 Å². The van der Waals surface area contributed by atoms with Gasteiger partial charge in [-0.15, -0.1) is 0 Å². The molecule has 0 aliphatic carbocycles. The third-order valence-electron chi connectivity index (χ3n) is 6.35. The molecule has 2 aromatic heterocycles. The van der Waals surface area contributed by atoms with Crippen LogP contribution in [0.1, 0.15) is 18.1 Å². The Morgan fingerprint density at radius 2 is 1.66 bits per heavy atom. The molecule has 0 spiro atoms. The number of amides is 2. The highest BCUT2D eigenvalue weighted by Crippen LogP contribution is 2.17. The number of anilines is 2. The van der Waals surface area contributed by atoms with Gasteiger partial charge in [0, 0.05) is 38.1 Å². The molecule has 5 rings (SSSR count). The van der Waals surface area contributed by atoms with Crippen molar-refractivity contribution in [1.29, 1.82) is 0 Å². The van der Waals surface area contributed by atoms with E-state index in [1.54, 1.807) is 15.7 Å². The number of nitrogens with one attached hydrogen (secondary N) is 1. The fourth-order valence-electron chi connectivity index (χ4n) is 4.33. The zero-order valence-corrected chi connectivity index (χ0v) is 19.7. The second-order valence-corrected chi connectivity index (χ2v) is 8.61. The molecule has 3 heterocycles. The molecular formula is C27H28N6O2. The van der Waals surface area contributed by atoms with E-state index in [0.29, 0.717) is 49.7 Å². The van der Waals surface area contributed by atoms with Crippen molar-refractivity contribution >= 4 is 28.7 Å². The molecule has 0 atom stereocenters. The quantitative estimate of drug-likeness (QED) is 0.482. The molecule has 35 heavy (non-hydrogen) atoms. The minimum atomic E-state index is -0.172. The molecule has 4 aromatic rings. The topological polar surface area (TPSA) is 83.4 Å². The summed E-state index contributed by atoms with van der Waals surface area (Å²) in [7, 11) is 0. The molecular weight excluding hydrogens is 440 g/mol. The van der Waals surface area contributed by atoms with Crippen LogP contribution < -0.4 is 15.8 Å². The monoisotopic (exact) mass is 468 g/mol. The highest BCUT2D eigenvalue weighted by atomic mass is 16.2. The van der Waals surface area contributed by atoms with E-state index in [1.807, 2.05) is 71.6 Å². The van der Waals surface area contributed by atoms with E-state index in [1.165, 1.54) is 5.56 Å². The highest BCUT2D eigenvalue weighted by molar-refractivity contribution is 5.89.